The third kappa shape index (κ3) is 7.21. The van der Waals surface area contributed by atoms with E-state index in [-0.39, 0.29) is 24.9 Å². The number of carbonyl (C=O) groups is 1. The van der Waals surface area contributed by atoms with Gasteiger partial charge in [-0.2, -0.15) is 0 Å². The first-order valence-electron chi connectivity index (χ1n) is 10.5. The predicted octanol–water partition coefficient (Wildman–Crippen LogP) is 3.20. The average molecular weight is 458 g/mol. The zero-order chi connectivity index (χ0) is 23.6. The highest BCUT2D eigenvalue weighted by Gasteiger charge is 2.15. The number of carbonyl (C=O) groups excluding carboxylic acids is 1. The maximum atomic E-state index is 13.4. The summed E-state index contributed by atoms with van der Waals surface area (Å²) in [6.45, 7) is 1.46. The van der Waals surface area contributed by atoms with Gasteiger partial charge in [-0.05, 0) is 47.0 Å². The Morgan fingerprint density at radius 1 is 1.09 bits per heavy atom. The molecule has 0 saturated heterocycles. The number of aromatic nitrogens is 1. The Bertz CT molecular complexity index is 1060. The Morgan fingerprint density at radius 2 is 1.94 bits per heavy atom. The Balaban J connectivity index is 1.63. The second-order valence-corrected chi connectivity index (χ2v) is 7.37. The molecule has 3 rings (SSSR count). The van der Waals surface area contributed by atoms with Crippen LogP contribution in [0.4, 0.5) is 4.39 Å². The number of methoxy groups -OCH3 is 2. The number of ether oxygens (including phenoxy) is 3. The second kappa shape index (κ2) is 11.9. The van der Waals surface area contributed by atoms with Crippen LogP contribution in [-0.4, -0.2) is 50.3 Å². The van der Waals surface area contributed by atoms with Crippen LogP contribution in [0.5, 0.6) is 17.4 Å². The molecule has 33 heavy (non-hydrogen) atoms. The predicted molar refractivity (Wildman–Crippen MR) is 120 cm³/mol. The molecule has 1 N–H and O–H groups in total. The van der Waals surface area contributed by atoms with Crippen LogP contribution < -0.4 is 19.5 Å². The molecule has 0 unspecified atom stereocenters. The lowest BCUT2D eigenvalue weighted by atomic mass is 10.1. The van der Waals surface area contributed by atoms with Crippen molar-refractivity contribution in [3.05, 3.63) is 71.2 Å². The molecule has 2 aromatic carbocycles. The molecular formula is C24H28FN3O5. The van der Waals surface area contributed by atoms with Crippen molar-refractivity contribution in [2.75, 3.05) is 34.4 Å². The number of likely N-dealkylation sites (N-methyl/N-ethyl adjacent to an activating group) is 1. The minimum absolute atomic E-state index is 0.0971. The van der Waals surface area contributed by atoms with Crippen LogP contribution in [-0.2, 0) is 24.4 Å². The van der Waals surface area contributed by atoms with Gasteiger partial charge in [0.1, 0.15) is 12.4 Å². The molecular weight excluding hydrogens is 429 g/mol. The Labute approximate surface area is 192 Å². The standard InChI is InChI=1S/C24H28FN3O5/c1-26-23(29)15-28(14-20-13-24(31-3)27-33-20)10-9-17-7-8-21(22(12-17)30-2)32-16-18-5-4-6-19(25)11-18/h4-8,11-13H,9-10,14-16H2,1-3H3,(H,26,29). The van der Waals surface area contributed by atoms with Crippen LogP contribution in [0.15, 0.2) is 53.1 Å². The summed E-state index contributed by atoms with van der Waals surface area (Å²) in [6.07, 6.45) is 0.669. The van der Waals surface area contributed by atoms with E-state index in [9.17, 15) is 9.18 Å². The van der Waals surface area contributed by atoms with Crippen LogP contribution in [0.1, 0.15) is 16.9 Å². The zero-order valence-electron chi connectivity index (χ0n) is 19.0. The van der Waals surface area contributed by atoms with E-state index in [0.29, 0.717) is 42.6 Å². The molecule has 1 heterocycles. The number of benzene rings is 2. The van der Waals surface area contributed by atoms with Crippen molar-refractivity contribution in [2.24, 2.45) is 0 Å². The molecule has 176 valence electrons. The first kappa shape index (κ1) is 24.1. The molecule has 0 atom stereocenters. The third-order valence-corrected chi connectivity index (χ3v) is 5.00. The lowest BCUT2D eigenvalue weighted by molar-refractivity contribution is -0.121. The Hall–Kier alpha value is -3.59. The molecule has 0 radical (unpaired) electrons. The number of hydrogen-bond acceptors (Lipinski definition) is 7. The molecule has 8 nitrogen and oxygen atoms in total. The van der Waals surface area contributed by atoms with E-state index in [0.717, 1.165) is 11.1 Å². The summed E-state index contributed by atoms with van der Waals surface area (Å²) in [7, 11) is 4.69. The van der Waals surface area contributed by atoms with Gasteiger partial charge in [0, 0.05) is 19.7 Å². The molecule has 3 aromatic rings. The lowest BCUT2D eigenvalue weighted by Gasteiger charge is -2.20. The number of nitrogens with one attached hydrogen (secondary N) is 1. The summed E-state index contributed by atoms with van der Waals surface area (Å²) in [4.78, 5) is 13.9. The summed E-state index contributed by atoms with van der Waals surface area (Å²) in [5.74, 6) is 1.75. The summed E-state index contributed by atoms with van der Waals surface area (Å²) < 4.78 is 35.0. The van der Waals surface area contributed by atoms with E-state index in [1.54, 1.807) is 32.4 Å². The summed E-state index contributed by atoms with van der Waals surface area (Å²) in [5, 5.41) is 6.45. The summed E-state index contributed by atoms with van der Waals surface area (Å²) in [5.41, 5.74) is 1.75. The molecule has 0 spiro atoms. The number of halogens is 1. The number of hydrogen-bond donors (Lipinski definition) is 1. The van der Waals surface area contributed by atoms with Crippen molar-refractivity contribution in [2.45, 2.75) is 19.6 Å². The first-order chi connectivity index (χ1) is 16.0. The molecule has 0 aliphatic heterocycles. The average Bonchev–Trinajstić information content (AvgIpc) is 3.29. The fourth-order valence-corrected chi connectivity index (χ4v) is 3.24. The van der Waals surface area contributed by atoms with Gasteiger partial charge in [-0.25, -0.2) is 4.39 Å². The molecule has 0 saturated carbocycles. The molecule has 1 amide bonds. The quantitative estimate of drug-likeness (QED) is 0.447. The molecule has 0 fully saturated rings. The van der Waals surface area contributed by atoms with Gasteiger partial charge in [0.2, 0.25) is 5.91 Å². The Kier molecular flexibility index (Phi) is 8.65. The monoisotopic (exact) mass is 457 g/mol. The summed E-state index contributed by atoms with van der Waals surface area (Å²) >= 11 is 0. The second-order valence-electron chi connectivity index (χ2n) is 7.37. The summed E-state index contributed by atoms with van der Waals surface area (Å²) in [6, 6.07) is 13.7. The largest absolute Gasteiger partial charge is 0.493 e. The molecule has 0 aliphatic carbocycles. The molecule has 0 aliphatic rings. The van der Waals surface area contributed by atoms with E-state index in [2.05, 4.69) is 10.5 Å². The van der Waals surface area contributed by atoms with Crippen molar-refractivity contribution in [1.82, 2.24) is 15.4 Å². The fraction of sp³-hybridized carbons (Fsp3) is 0.333. The maximum Gasteiger partial charge on any atom is 0.254 e. The van der Waals surface area contributed by atoms with E-state index in [1.807, 2.05) is 23.1 Å². The highest BCUT2D eigenvalue weighted by atomic mass is 19.1. The van der Waals surface area contributed by atoms with Crippen molar-refractivity contribution < 1.29 is 27.9 Å². The number of rotatable bonds is 12. The van der Waals surface area contributed by atoms with Gasteiger partial charge < -0.3 is 24.1 Å². The van der Waals surface area contributed by atoms with Gasteiger partial charge in [0.25, 0.3) is 5.88 Å². The topological polar surface area (TPSA) is 86.1 Å². The smallest absolute Gasteiger partial charge is 0.254 e. The van der Waals surface area contributed by atoms with Crippen molar-refractivity contribution in [3.63, 3.8) is 0 Å². The van der Waals surface area contributed by atoms with Gasteiger partial charge in [0.05, 0.1) is 27.3 Å². The minimum Gasteiger partial charge on any atom is -0.493 e. The molecule has 1 aromatic heterocycles. The van der Waals surface area contributed by atoms with E-state index in [1.165, 1.54) is 19.2 Å². The lowest BCUT2D eigenvalue weighted by Crippen LogP contribution is -2.36. The zero-order valence-corrected chi connectivity index (χ0v) is 19.0. The molecule has 9 heteroatoms. The van der Waals surface area contributed by atoms with Crippen LogP contribution in [0, 0.1) is 5.82 Å². The third-order valence-electron chi connectivity index (χ3n) is 5.00. The SMILES string of the molecule is CNC(=O)CN(CCc1ccc(OCc2cccc(F)c2)c(OC)c1)Cc1cc(OC)no1. The van der Waals surface area contributed by atoms with Crippen LogP contribution in [0.3, 0.4) is 0 Å². The normalized spacial score (nSPS) is 10.8. The van der Waals surface area contributed by atoms with E-state index in [4.69, 9.17) is 18.7 Å². The van der Waals surface area contributed by atoms with Gasteiger partial charge >= 0.3 is 0 Å². The van der Waals surface area contributed by atoms with Crippen molar-refractivity contribution in [1.29, 1.82) is 0 Å². The van der Waals surface area contributed by atoms with Gasteiger partial charge in [-0.15, -0.1) is 0 Å². The first-order valence-corrected chi connectivity index (χ1v) is 10.5. The van der Waals surface area contributed by atoms with Crippen LogP contribution in [0.25, 0.3) is 0 Å². The minimum atomic E-state index is -0.302. The van der Waals surface area contributed by atoms with Crippen LogP contribution in [0.2, 0.25) is 0 Å². The van der Waals surface area contributed by atoms with Gasteiger partial charge in [-0.3, -0.25) is 9.69 Å². The highest BCUT2D eigenvalue weighted by Crippen LogP contribution is 2.29. The van der Waals surface area contributed by atoms with Gasteiger partial charge in [-0.1, -0.05) is 18.2 Å². The van der Waals surface area contributed by atoms with Crippen LogP contribution >= 0.6 is 0 Å². The molecule has 0 bridgehead atoms. The number of amides is 1. The maximum absolute atomic E-state index is 13.4. The Morgan fingerprint density at radius 3 is 2.64 bits per heavy atom. The van der Waals surface area contributed by atoms with Crippen molar-refractivity contribution in [3.8, 4) is 17.4 Å². The van der Waals surface area contributed by atoms with E-state index < -0.39 is 0 Å². The van der Waals surface area contributed by atoms with Gasteiger partial charge in [0.15, 0.2) is 17.3 Å². The van der Waals surface area contributed by atoms with Crippen molar-refractivity contribution >= 4 is 5.91 Å². The number of nitrogens with zero attached hydrogens (tertiary/aromatic N) is 2. The highest BCUT2D eigenvalue weighted by molar-refractivity contribution is 5.77. The van der Waals surface area contributed by atoms with E-state index >= 15 is 0 Å². The fourth-order valence-electron chi connectivity index (χ4n) is 3.24.